The fourth-order valence-corrected chi connectivity index (χ4v) is 0.938. The molecule has 0 spiro atoms. The van der Waals surface area contributed by atoms with Gasteiger partial charge in [-0.3, -0.25) is 4.99 Å². The molecule has 60 valence electrons. The minimum atomic E-state index is 0. The predicted octanol–water partition coefficient (Wildman–Crippen LogP) is -1.50. The number of allylic oxidation sites excluding steroid dienone is 2. The summed E-state index contributed by atoms with van der Waals surface area (Å²) in [5, 5.41) is 0. The first-order valence-corrected chi connectivity index (χ1v) is 2.91. The normalized spacial score (nSPS) is 23.3. The summed E-state index contributed by atoms with van der Waals surface area (Å²) in [5.41, 5.74) is 1.05. The Balaban J connectivity index is 0. The number of rotatable bonds is 0. The first-order chi connectivity index (χ1) is 4.47. The summed E-state index contributed by atoms with van der Waals surface area (Å²) >= 11 is 0. The molecular formula is C7H8Cl2N2. The van der Waals surface area contributed by atoms with E-state index in [9.17, 15) is 0 Å². The molecule has 1 heterocycles. The molecule has 0 bridgehead atoms. The van der Waals surface area contributed by atoms with Crippen molar-refractivity contribution in [3.63, 3.8) is 0 Å². The van der Waals surface area contributed by atoms with Crippen LogP contribution in [-0.2, 0) is 0 Å². The topological polar surface area (TPSA) is 24.7 Å². The second kappa shape index (κ2) is 4.31. The van der Waals surface area contributed by atoms with Crippen molar-refractivity contribution < 1.29 is 13.8 Å². The van der Waals surface area contributed by atoms with Crippen molar-refractivity contribution in [2.24, 2.45) is 9.98 Å². The molecule has 0 N–H and O–H groups in total. The van der Waals surface area contributed by atoms with Crippen molar-refractivity contribution in [2.75, 3.05) is 0 Å². The Labute approximate surface area is 79.1 Å². The third-order valence-corrected chi connectivity index (χ3v) is 1.41. The molecule has 1 aliphatic heterocycles. The molecule has 1 aliphatic carbocycles. The van der Waals surface area contributed by atoms with Gasteiger partial charge in [-0.05, 0) is 6.08 Å². The minimum absolute atomic E-state index is 0. The molecule has 2 aliphatic rings. The molecule has 0 saturated carbocycles. The van der Waals surface area contributed by atoms with Gasteiger partial charge in [0.25, 0.3) is 0 Å². The fraction of sp³-hybridized carbons (Fsp3) is 0.143. The molecule has 11 heavy (non-hydrogen) atoms. The molecule has 2 nitrogen and oxygen atoms in total. The lowest BCUT2D eigenvalue weighted by Gasteiger charge is -2.02. The highest BCUT2D eigenvalue weighted by Crippen LogP contribution is 2.08. The lowest BCUT2D eigenvalue weighted by molar-refractivity contribution is -0.00000196. The van der Waals surface area contributed by atoms with E-state index >= 15 is 0 Å². The minimum Gasteiger partial charge on any atom is -1.00 e. The Hall–Kier alpha value is -0.600. The van der Waals surface area contributed by atoms with Crippen LogP contribution in [0.5, 0.6) is 0 Å². The summed E-state index contributed by atoms with van der Waals surface area (Å²) < 4.78 is 0. The summed E-state index contributed by atoms with van der Waals surface area (Å²) in [6, 6.07) is 0.218. The average molecular weight is 191 g/mol. The molecule has 0 aromatic heterocycles. The number of fused-ring (bicyclic) bond motifs is 1. The van der Waals surface area contributed by atoms with Crippen molar-refractivity contribution in [3.05, 3.63) is 24.3 Å². The van der Waals surface area contributed by atoms with Gasteiger partial charge >= 0.3 is 1.43 Å². The van der Waals surface area contributed by atoms with Gasteiger partial charge in [0, 0.05) is 0 Å². The van der Waals surface area contributed by atoms with Crippen LogP contribution >= 0.6 is 12.4 Å². The average Bonchev–Trinajstić information content (AvgIpc) is 2.33. The Morgan fingerprint density at radius 2 is 2.18 bits per heavy atom. The van der Waals surface area contributed by atoms with Crippen LogP contribution in [0.2, 0.25) is 0 Å². The van der Waals surface area contributed by atoms with Crippen LogP contribution in [0.15, 0.2) is 34.3 Å². The molecule has 1 atom stereocenters. The third kappa shape index (κ3) is 1.91. The van der Waals surface area contributed by atoms with Gasteiger partial charge in [0.1, 0.15) is 12.4 Å². The Morgan fingerprint density at radius 1 is 1.36 bits per heavy atom. The fourth-order valence-electron chi connectivity index (χ4n) is 0.938. The number of hydrogen-bond acceptors (Lipinski definition) is 2. The van der Waals surface area contributed by atoms with Crippen molar-refractivity contribution in [1.29, 1.82) is 0 Å². The van der Waals surface area contributed by atoms with Gasteiger partial charge in [-0.15, -0.1) is 12.4 Å². The Morgan fingerprint density at radius 3 is 2.91 bits per heavy atom. The molecule has 4 heteroatoms. The molecule has 2 rings (SSSR count). The van der Waals surface area contributed by atoms with E-state index in [1.165, 1.54) is 0 Å². The van der Waals surface area contributed by atoms with E-state index in [0.717, 1.165) is 5.71 Å². The van der Waals surface area contributed by atoms with Gasteiger partial charge in [-0.1, -0.05) is 18.2 Å². The highest BCUT2D eigenvalue weighted by Gasteiger charge is 2.12. The second-order valence-electron chi connectivity index (χ2n) is 2.01. The van der Waals surface area contributed by atoms with E-state index in [-0.39, 0.29) is 32.3 Å². The third-order valence-electron chi connectivity index (χ3n) is 1.41. The maximum Gasteiger partial charge on any atom is 1.00 e. The lowest BCUT2D eigenvalue weighted by atomic mass is 10.1. The highest BCUT2D eigenvalue weighted by atomic mass is 35.5. The van der Waals surface area contributed by atoms with Crippen LogP contribution < -0.4 is 12.4 Å². The van der Waals surface area contributed by atoms with Gasteiger partial charge in [0.05, 0.1) is 5.71 Å². The van der Waals surface area contributed by atoms with Gasteiger partial charge in [0.2, 0.25) is 0 Å². The van der Waals surface area contributed by atoms with Crippen molar-refractivity contribution in [2.45, 2.75) is 6.04 Å². The molecule has 0 fully saturated rings. The van der Waals surface area contributed by atoms with Crippen LogP contribution in [-0.4, -0.2) is 18.1 Å². The van der Waals surface area contributed by atoms with Crippen molar-refractivity contribution in [3.8, 4) is 0 Å². The van der Waals surface area contributed by atoms with E-state index < -0.39 is 0 Å². The largest absolute Gasteiger partial charge is 1.00 e. The smallest absolute Gasteiger partial charge is 1.00 e. The predicted molar refractivity (Wildman–Crippen MR) is 46.4 cm³/mol. The van der Waals surface area contributed by atoms with E-state index in [1.807, 2.05) is 24.3 Å². The van der Waals surface area contributed by atoms with Gasteiger partial charge in [-0.25, -0.2) is 4.99 Å². The summed E-state index contributed by atoms with van der Waals surface area (Å²) in [6.07, 6.45) is 9.59. The summed E-state index contributed by atoms with van der Waals surface area (Å²) in [4.78, 5) is 8.14. The van der Waals surface area contributed by atoms with Crippen molar-refractivity contribution in [1.82, 2.24) is 0 Å². The van der Waals surface area contributed by atoms with Crippen LogP contribution in [0.25, 0.3) is 0 Å². The number of aliphatic imine (C=N–C) groups is 2. The zero-order valence-electron chi connectivity index (χ0n) is 6.64. The van der Waals surface area contributed by atoms with E-state index in [2.05, 4.69) is 9.98 Å². The maximum absolute atomic E-state index is 4.09. The highest BCUT2D eigenvalue weighted by molar-refractivity contribution is 6.08. The number of hydrogen-bond donors (Lipinski definition) is 0. The quantitative estimate of drug-likeness (QED) is 0.445. The molecule has 0 aromatic carbocycles. The lowest BCUT2D eigenvalue weighted by Crippen LogP contribution is -3.00. The molecular weight excluding hydrogens is 183 g/mol. The Kier molecular flexibility index (Phi) is 4.08. The monoisotopic (exact) mass is 190 g/mol. The first kappa shape index (κ1) is 10.4. The standard InChI is InChI=1S/C7H6N2.2ClH/c1-2-4-7-6(3-1)8-5-9-7;;/h1-6H;2*1H. The van der Waals surface area contributed by atoms with Crippen molar-refractivity contribution >= 4 is 24.5 Å². The molecule has 0 amide bonds. The molecule has 0 saturated heterocycles. The SMILES string of the molecule is C1=CC2=NC=NC2C=C1.Cl.[Cl-].[H+]. The summed E-state index contributed by atoms with van der Waals surface area (Å²) in [5.74, 6) is 0. The Bertz CT molecular complexity index is 246. The summed E-state index contributed by atoms with van der Waals surface area (Å²) in [7, 11) is 0. The van der Waals surface area contributed by atoms with Gasteiger partial charge < -0.3 is 12.4 Å². The maximum atomic E-state index is 4.09. The van der Waals surface area contributed by atoms with Crippen LogP contribution in [0.3, 0.4) is 0 Å². The van der Waals surface area contributed by atoms with Crippen LogP contribution in [0.1, 0.15) is 1.43 Å². The molecule has 0 aromatic rings. The van der Waals surface area contributed by atoms with Crippen LogP contribution in [0.4, 0.5) is 0 Å². The first-order valence-electron chi connectivity index (χ1n) is 2.91. The molecule has 1 unspecified atom stereocenters. The summed E-state index contributed by atoms with van der Waals surface area (Å²) in [6.45, 7) is 0. The second-order valence-corrected chi connectivity index (χ2v) is 2.01. The number of nitrogens with zero attached hydrogens (tertiary/aromatic N) is 2. The van der Waals surface area contributed by atoms with Gasteiger partial charge in [0.15, 0.2) is 0 Å². The zero-order chi connectivity index (χ0) is 6.10. The van der Waals surface area contributed by atoms with E-state index in [1.54, 1.807) is 6.34 Å². The van der Waals surface area contributed by atoms with E-state index in [0.29, 0.717) is 0 Å². The molecule has 0 radical (unpaired) electrons. The van der Waals surface area contributed by atoms with Gasteiger partial charge in [-0.2, -0.15) is 0 Å². The zero-order valence-corrected chi connectivity index (χ0v) is 7.22. The van der Waals surface area contributed by atoms with E-state index in [4.69, 9.17) is 0 Å². The van der Waals surface area contributed by atoms with Crippen LogP contribution in [0, 0.1) is 0 Å². The number of halogens is 2.